The number of para-hydroxylation sites is 4. The smallest absolute Gasteiger partial charge is 0.138 e. The number of nitrogens with zero attached hydrogens (tertiary/aromatic N) is 2. The van der Waals surface area contributed by atoms with Gasteiger partial charge < -0.3 is 20.0 Å². The third-order valence-electron chi connectivity index (χ3n) is 5.29. The predicted octanol–water partition coefficient (Wildman–Crippen LogP) is 6.43. The molecule has 0 heterocycles. The summed E-state index contributed by atoms with van der Waals surface area (Å²) < 4.78 is 0. The molecule has 0 saturated heterocycles. The van der Waals surface area contributed by atoms with Crippen LogP contribution in [0.1, 0.15) is 60.3 Å². The van der Waals surface area contributed by atoms with Gasteiger partial charge in [-0.15, -0.1) is 0 Å². The Bertz CT molecular complexity index is 690. The van der Waals surface area contributed by atoms with Crippen molar-refractivity contribution in [2.24, 2.45) is 0 Å². The van der Waals surface area contributed by atoms with Gasteiger partial charge in [0, 0.05) is 25.7 Å². The van der Waals surface area contributed by atoms with Gasteiger partial charge >= 0.3 is 0 Å². The minimum Gasteiger partial charge on any atom is -0.506 e. The first-order valence-electron chi connectivity index (χ1n) is 11.1. The molecule has 0 aromatic heterocycles. The zero-order chi connectivity index (χ0) is 21.6. The molecule has 4 heteroatoms. The van der Waals surface area contributed by atoms with Gasteiger partial charge in [0.15, 0.2) is 0 Å². The molecule has 2 aromatic carbocycles. The van der Waals surface area contributed by atoms with Crippen LogP contribution in [0.5, 0.6) is 11.5 Å². The molecule has 2 aromatic rings. The standard InChI is InChI=1S/C13H21NO.C12H19NO/c1-3-5-8-11-14(4-2)12-9-6-7-10-13(12)15;1-4-10(3)13(5-2)11-8-6-7-9-12(11)14/h6-7,9-10,15H,3-5,8,11H2,1-2H3;6-10,14H,4-5H2,1-3H3. The molecule has 0 bridgehead atoms. The van der Waals surface area contributed by atoms with E-state index in [9.17, 15) is 10.2 Å². The number of unbranched alkanes of at least 4 members (excludes halogenated alkanes) is 2. The van der Waals surface area contributed by atoms with Crippen LogP contribution < -0.4 is 9.80 Å². The third-order valence-corrected chi connectivity index (χ3v) is 5.29. The van der Waals surface area contributed by atoms with E-state index in [1.807, 2.05) is 36.4 Å². The van der Waals surface area contributed by atoms with E-state index in [0.717, 1.165) is 37.4 Å². The molecule has 162 valence electrons. The molecule has 0 amide bonds. The van der Waals surface area contributed by atoms with Crippen LogP contribution in [0.4, 0.5) is 11.4 Å². The minimum absolute atomic E-state index is 0.370. The van der Waals surface area contributed by atoms with Crippen LogP contribution in [0.2, 0.25) is 0 Å². The van der Waals surface area contributed by atoms with E-state index in [1.165, 1.54) is 19.3 Å². The highest BCUT2D eigenvalue weighted by molar-refractivity contribution is 5.58. The summed E-state index contributed by atoms with van der Waals surface area (Å²) in [6.45, 7) is 13.7. The Morgan fingerprint density at radius 1 is 0.759 bits per heavy atom. The molecule has 4 nitrogen and oxygen atoms in total. The molecule has 1 atom stereocenters. The molecule has 0 fully saturated rings. The van der Waals surface area contributed by atoms with Gasteiger partial charge in [-0.3, -0.25) is 0 Å². The van der Waals surface area contributed by atoms with E-state index in [1.54, 1.807) is 12.1 Å². The lowest BCUT2D eigenvalue weighted by Crippen LogP contribution is -2.32. The summed E-state index contributed by atoms with van der Waals surface area (Å²) in [6, 6.07) is 15.5. The van der Waals surface area contributed by atoms with E-state index < -0.39 is 0 Å². The third kappa shape index (κ3) is 7.88. The highest BCUT2D eigenvalue weighted by atomic mass is 16.3. The topological polar surface area (TPSA) is 46.9 Å². The van der Waals surface area contributed by atoms with Crippen molar-refractivity contribution in [2.75, 3.05) is 29.4 Å². The number of phenolic OH excluding ortho intramolecular Hbond substituents is 2. The van der Waals surface area contributed by atoms with Crippen LogP contribution in [0, 0.1) is 0 Å². The summed E-state index contributed by atoms with van der Waals surface area (Å²) in [5.41, 5.74) is 1.89. The Morgan fingerprint density at radius 2 is 1.31 bits per heavy atom. The van der Waals surface area contributed by atoms with E-state index in [-0.39, 0.29) is 0 Å². The maximum atomic E-state index is 9.73. The molecule has 0 aliphatic heterocycles. The number of aromatic hydroxyl groups is 2. The van der Waals surface area contributed by atoms with Gasteiger partial charge in [0.1, 0.15) is 11.5 Å². The first-order valence-corrected chi connectivity index (χ1v) is 11.1. The molecular formula is C25H40N2O2. The van der Waals surface area contributed by atoms with Crippen molar-refractivity contribution in [1.29, 1.82) is 0 Å². The van der Waals surface area contributed by atoms with Crippen molar-refractivity contribution >= 4 is 11.4 Å². The SMILES string of the molecule is CCC(C)N(CC)c1ccccc1O.CCCCCN(CC)c1ccccc1O. The van der Waals surface area contributed by atoms with Gasteiger partial charge in [0.2, 0.25) is 0 Å². The average molecular weight is 401 g/mol. The molecule has 0 spiro atoms. The lowest BCUT2D eigenvalue weighted by atomic mass is 10.2. The van der Waals surface area contributed by atoms with Crippen LogP contribution in [0.3, 0.4) is 0 Å². The molecule has 2 rings (SSSR count). The Balaban J connectivity index is 0.000000291. The number of hydrogen-bond donors (Lipinski definition) is 2. The number of phenols is 2. The van der Waals surface area contributed by atoms with Gasteiger partial charge in [0.25, 0.3) is 0 Å². The van der Waals surface area contributed by atoms with Gasteiger partial charge in [-0.05, 0) is 57.9 Å². The Kier molecular flexibility index (Phi) is 11.7. The second kappa shape index (κ2) is 13.8. The fraction of sp³-hybridized carbons (Fsp3) is 0.520. The lowest BCUT2D eigenvalue weighted by Gasteiger charge is -2.29. The lowest BCUT2D eigenvalue weighted by molar-refractivity contribution is 0.470. The minimum atomic E-state index is 0.370. The Morgan fingerprint density at radius 3 is 1.76 bits per heavy atom. The van der Waals surface area contributed by atoms with Crippen molar-refractivity contribution in [3.8, 4) is 11.5 Å². The summed E-state index contributed by atoms with van der Waals surface area (Å²) in [6.07, 6.45) is 4.77. The highest BCUT2D eigenvalue weighted by Crippen LogP contribution is 2.28. The van der Waals surface area contributed by atoms with E-state index in [4.69, 9.17) is 0 Å². The zero-order valence-corrected chi connectivity index (χ0v) is 18.9. The maximum absolute atomic E-state index is 9.73. The fourth-order valence-corrected chi connectivity index (χ4v) is 3.38. The molecule has 0 aliphatic carbocycles. The fourth-order valence-electron chi connectivity index (χ4n) is 3.38. The van der Waals surface area contributed by atoms with Crippen LogP contribution in [-0.4, -0.2) is 35.9 Å². The predicted molar refractivity (Wildman–Crippen MR) is 126 cm³/mol. The largest absolute Gasteiger partial charge is 0.506 e. The van der Waals surface area contributed by atoms with Crippen LogP contribution >= 0.6 is 0 Å². The van der Waals surface area contributed by atoms with E-state index >= 15 is 0 Å². The maximum Gasteiger partial charge on any atom is 0.138 e. The quantitative estimate of drug-likeness (QED) is 0.451. The average Bonchev–Trinajstić information content (AvgIpc) is 2.74. The first-order chi connectivity index (χ1) is 14.0. The van der Waals surface area contributed by atoms with Gasteiger partial charge in [-0.1, -0.05) is 51.0 Å². The molecule has 0 aliphatic rings. The molecule has 1 unspecified atom stereocenters. The highest BCUT2D eigenvalue weighted by Gasteiger charge is 2.13. The number of anilines is 2. The van der Waals surface area contributed by atoms with Crippen molar-refractivity contribution in [3.05, 3.63) is 48.5 Å². The summed E-state index contributed by atoms with van der Waals surface area (Å²) >= 11 is 0. The van der Waals surface area contributed by atoms with Crippen molar-refractivity contribution in [3.63, 3.8) is 0 Å². The first kappa shape index (κ1) is 24.7. The van der Waals surface area contributed by atoms with Crippen LogP contribution in [0.25, 0.3) is 0 Å². The van der Waals surface area contributed by atoms with E-state index in [0.29, 0.717) is 17.5 Å². The monoisotopic (exact) mass is 400 g/mol. The van der Waals surface area contributed by atoms with Gasteiger partial charge in [-0.2, -0.15) is 0 Å². The van der Waals surface area contributed by atoms with Gasteiger partial charge in [-0.25, -0.2) is 0 Å². The second-order valence-corrected chi connectivity index (χ2v) is 7.31. The Labute approximate surface area is 177 Å². The molecule has 0 radical (unpaired) electrons. The summed E-state index contributed by atoms with van der Waals surface area (Å²) in [4.78, 5) is 4.44. The molecule has 0 saturated carbocycles. The number of benzene rings is 2. The second-order valence-electron chi connectivity index (χ2n) is 7.31. The summed E-state index contributed by atoms with van der Waals surface area (Å²) in [5, 5.41) is 19.4. The zero-order valence-electron chi connectivity index (χ0n) is 18.9. The van der Waals surface area contributed by atoms with Crippen molar-refractivity contribution < 1.29 is 10.2 Å². The molecular weight excluding hydrogens is 360 g/mol. The van der Waals surface area contributed by atoms with Gasteiger partial charge in [0.05, 0.1) is 11.4 Å². The molecule has 2 N–H and O–H groups in total. The van der Waals surface area contributed by atoms with Crippen molar-refractivity contribution in [1.82, 2.24) is 0 Å². The van der Waals surface area contributed by atoms with Crippen molar-refractivity contribution in [2.45, 2.75) is 66.3 Å². The normalized spacial score (nSPS) is 11.3. The van der Waals surface area contributed by atoms with Crippen LogP contribution in [-0.2, 0) is 0 Å². The summed E-state index contributed by atoms with van der Waals surface area (Å²) in [7, 11) is 0. The van der Waals surface area contributed by atoms with E-state index in [2.05, 4.69) is 44.4 Å². The summed E-state index contributed by atoms with van der Waals surface area (Å²) in [5.74, 6) is 0.755. The number of rotatable bonds is 10. The van der Waals surface area contributed by atoms with Crippen LogP contribution in [0.15, 0.2) is 48.5 Å². The molecule has 29 heavy (non-hydrogen) atoms. The number of hydrogen-bond acceptors (Lipinski definition) is 4. The Hall–Kier alpha value is -2.36.